The first-order valence-electron chi connectivity index (χ1n) is 6.94. The molecular weight excluding hydrogens is 316 g/mol. The van der Waals surface area contributed by atoms with Gasteiger partial charge in [0, 0.05) is 24.8 Å². The van der Waals surface area contributed by atoms with Crippen LogP contribution >= 0.6 is 24.0 Å². The van der Waals surface area contributed by atoms with Crippen LogP contribution in [0.1, 0.15) is 12.5 Å². The minimum atomic E-state index is -0.0130. The van der Waals surface area contributed by atoms with E-state index in [2.05, 4.69) is 0 Å². The fraction of sp³-hybridized carbons (Fsp3) is 0.250. The van der Waals surface area contributed by atoms with Crippen molar-refractivity contribution in [1.29, 1.82) is 0 Å². The second-order valence-corrected chi connectivity index (χ2v) is 6.59. The largest absolute Gasteiger partial charge is 0.497 e. The Balaban J connectivity index is 2.04. The van der Waals surface area contributed by atoms with Gasteiger partial charge in [0.15, 0.2) is 0 Å². The lowest BCUT2D eigenvalue weighted by molar-refractivity contribution is -0.122. The van der Waals surface area contributed by atoms with E-state index >= 15 is 0 Å². The molecule has 2 aliphatic rings. The predicted octanol–water partition coefficient (Wildman–Crippen LogP) is 3.25. The number of ether oxygens (including phenoxy) is 1. The second-order valence-electron chi connectivity index (χ2n) is 4.95. The zero-order valence-electron chi connectivity index (χ0n) is 12.6. The zero-order valence-corrected chi connectivity index (χ0v) is 14.3. The van der Waals surface area contributed by atoms with Gasteiger partial charge in [-0.2, -0.15) is 0 Å². The van der Waals surface area contributed by atoms with Crippen molar-refractivity contribution >= 4 is 46.0 Å². The molecule has 1 aromatic carbocycles. The van der Waals surface area contributed by atoms with Gasteiger partial charge in [-0.3, -0.25) is 9.69 Å². The standard InChI is InChI=1S/C16H16N2O2S2/c1-4-18-15(19)14(22-16(18)21)13-7-5-10-9-11(20-3)6-8-12(10)17(13)2/h5-9H,4H2,1-3H3/b14-13+. The maximum absolute atomic E-state index is 12.5. The number of fused-ring (bicyclic) bond motifs is 1. The lowest BCUT2D eigenvalue weighted by atomic mass is 10.1. The molecule has 1 fully saturated rings. The van der Waals surface area contributed by atoms with E-state index in [4.69, 9.17) is 17.0 Å². The lowest BCUT2D eigenvalue weighted by Crippen LogP contribution is -2.29. The monoisotopic (exact) mass is 332 g/mol. The summed E-state index contributed by atoms with van der Waals surface area (Å²) in [6, 6.07) is 5.90. The van der Waals surface area contributed by atoms with Crippen LogP contribution in [0.2, 0.25) is 0 Å². The number of benzene rings is 1. The van der Waals surface area contributed by atoms with E-state index in [1.54, 1.807) is 12.0 Å². The molecule has 0 saturated carbocycles. The molecule has 0 aliphatic carbocycles. The first-order chi connectivity index (χ1) is 10.6. The maximum atomic E-state index is 12.5. The van der Waals surface area contributed by atoms with Crippen LogP contribution in [0, 0.1) is 0 Å². The van der Waals surface area contributed by atoms with Crippen LogP contribution in [0.4, 0.5) is 5.69 Å². The third-order valence-electron chi connectivity index (χ3n) is 3.78. The topological polar surface area (TPSA) is 32.8 Å². The Morgan fingerprint density at radius 2 is 2.09 bits per heavy atom. The van der Waals surface area contributed by atoms with E-state index < -0.39 is 0 Å². The number of hydrogen-bond donors (Lipinski definition) is 0. The molecular formula is C16H16N2O2S2. The molecule has 0 spiro atoms. The molecule has 1 aromatic rings. The average Bonchev–Trinajstić information content (AvgIpc) is 2.81. The second kappa shape index (κ2) is 5.78. The highest BCUT2D eigenvalue weighted by Crippen LogP contribution is 2.39. The van der Waals surface area contributed by atoms with Gasteiger partial charge in [0.05, 0.1) is 12.8 Å². The number of likely N-dealkylation sites (N-methyl/N-ethyl adjacent to an activating group) is 2. The van der Waals surface area contributed by atoms with Crippen molar-refractivity contribution in [2.24, 2.45) is 0 Å². The summed E-state index contributed by atoms with van der Waals surface area (Å²) in [4.78, 5) is 16.8. The number of rotatable bonds is 2. The molecule has 0 aromatic heterocycles. The van der Waals surface area contributed by atoms with Gasteiger partial charge in [-0.15, -0.1) is 0 Å². The number of allylic oxidation sites excluding steroid dienone is 1. The molecule has 22 heavy (non-hydrogen) atoms. The van der Waals surface area contributed by atoms with Crippen LogP contribution in [0.5, 0.6) is 5.75 Å². The lowest BCUT2D eigenvalue weighted by Gasteiger charge is -2.27. The molecule has 1 saturated heterocycles. The predicted molar refractivity (Wildman–Crippen MR) is 95.0 cm³/mol. The minimum Gasteiger partial charge on any atom is -0.497 e. The van der Waals surface area contributed by atoms with Crippen molar-refractivity contribution in [3.8, 4) is 5.75 Å². The van der Waals surface area contributed by atoms with Crippen LogP contribution in [0.15, 0.2) is 34.9 Å². The van der Waals surface area contributed by atoms with Crippen LogP contribution in [-0.4, -0.2) is 35.8 Å². The summed E-state index contributed by atoms with van der Waals surface area (Å²) in [5.74, 6) is 0.804. The van der Waals surface area contributed by atoms with Crippen molar-refractivity contribution < 1.29 is 9.53 Å². The van der Waals surface area contributed by atoms with Crippen LogP contribution < -0.4 is 9.64 Å². The SMILES string of the molecule is CCN1C(=O)/C(=C2/C=Cc3cc(OC)ccc3N2C)SC1=S. The smallest absolute Gasteiger partial charge is 0.268 e. The highest BCUT2D eigenvalue weighted by molar-refractivity contribution is 8.26. The zero-order chi connectivity index (χ0) is 15.9. The first kappa shape index (κ1) is 15.1. The summed E-state index contributed by atoms with van der Waals surface area (Å²) in [7, 11) is 3.61. The molecule has 6 heteroatoms. The van der Waals surface area contributed by atoms with Gasteiger partial charge in [-0.1, -0.05) is 30.1 Å². The first-order valence-corrected chi connectivity index (χ1v) is 8.17. The number of thiocarbonyl (C=S) groups is 1. The molecule has 114 valence electrons. The molecule has 2 aliphatic heterocycles. The van der Waals surface area contributed by atoms with Crippen molar-refractivity contribution in [1.82, 2.24) is 4.90 Å². The Hall–Kier alpha value is -1.79. The highest BCUT2D eigenvalue weighted by atomic mass is 32.2. The number of amides is 1. The summed E-state index contributed by atoms with van der Waals surface area (Å²) in [6.07, 6.45) is 3.97. The van der Waals surface area contributed by atoms with Crippen molar-refractivity contribution in [3.05, 3.63) is 40.4 Å². The normalized spacial score (nSPS) is 20.7. The van der Waals surface area contributed by atoms with Crippen molar-refractivity contribution in [2.45, 2.75) is 6.92 Å². The summed E-state index contributed by atoms with van der Waals surface area (Å²) < 4.78 is 5.88. The molecule has 1 amide bonds. The third kappa shape index (κ3) is 2.32. The highest BCUT2D eigenvalue weighted by Gasteiger charge is 2.34. The Morgan fingerprint density at radius 1 is 1.32 bits per heavy atom. The van der Waals surface area contributed by atoms with Gasteiger partial charge in [0.1, 0.15) is 15.0 Å². The minimum absolute atomic E-state index is 0.0130. The Labute approximate surface area is 139 Å². The number of carbonyl (C=O) groups is 1. The van der Waals surface area contributed by atoms with Gasteiger partial charge >= 0.3 is 0 Å². The van der Waals surface area contributed by atoms with E-state index in [1.165, 1.54) is 11.8 Å². The summed E-state index contributed by atoms with van der Waals surface area (Å²) >= 11 is 6.66. The summed E-state index contributed by atoms with van der Waals surface area (Å²) in [5.41, 5.74) is 2.99. The molecule has 0 unspecified atom stereocenters. The number of nitrogens with zero attached hydrogens (tertiary/aromatic N) is 2. The van der Waals surface area contributed by atoms with Gasteiger partial charge in [0.25, 0.3) is 5.91 Å². The molecule has 0 radical (unpaired) electrons. The van der Waals surface area contributed by atoms with Gasteiger partial charge in [-0.25, -0.2) is 0 Å². The van der Waals surface area contributed by atoms with E-state index in [0.29, 0.717) is 15.8 Å². The Morgan fingerprint density at radius 3 is 2.73 bits per heavy atom. The van der Waals surface area contributed by atoms with E-state index in [0.717, 1.165) is 22.7 Å². The number of anilines is 1. The quantitative estimate of drug-likeness (QED) is 0.613. The van der Waals surface area contributed by atoms with Crippen LogP contribution in [0.3, 0.4) is 0 Å². The molecule has 4 nitrogen and oxygen atoms in total. The molecule has 3 rings (SSSR count). The van der Waals surface area contributed by atoms with Gasteiger partial charge in [0.2, 0.25) is 0 Å². The van der Waals surface area contributed by atoms with E-state index in [9.17, 15) is 4.79 Å². The molecule has 0 N–H and O–H groups in total. The summed E-state index contributed by atoms with van der Waals surface area (Å²) in [6.45, 7) is 2.53. The number of hydrogen-bond acceptors (Lipinski definition) is 5. The summed E-state index contributed by atoms with van der Waals surface area (Å²) in [5, 5.41) is 0. The van der Waals surface area contributed by atoms with Gasteiger partial charge < -0.3 is 9.64 Å². The molecule has 2 heterocycles. The molecule has 0 bridgehead atoms. The fourth-order valence-corrected chi connectivity index (χ4v) is 4.03. The molecule has 0 atom stereocenters. The number of thioether (sulfide) groups is 1. The number of carbonyl (C=O) groups excluding carboxylic acids is 1. The fourth-order valence-electron chi connectivity index (χ4n) is 2.56. The third-order valence-corrected chi connectivity index (χ3v) is 5.23. The van der Waals surface area contributed by atoms with E-state index in [-0.39, 0.29) is 5.91 Å². The van der Waals surface area contributed by atoms with Gasteiger partial charge in [-0.05, 0) is 31.2 Å². The Kier molecular flexibility index (Phi) is 3.97. The van der Waals surface area contributed by atoms with Crippen LogP contribution in [0.25, 0.3) is 6.08 Å². The van der Waals surface area contributed by atoms with Crippen molar-refractivity contribution in [3.63, 3.8) is 0 Å². The Bertz CT molecular complexity index is 725. The van der Waals surface area contributed by atoms with Crippen LogP contribution in [-0.2, 0) is 4.79 Å². The number of methoxy groups -OCH3 is 1. The van der Waals surface area contributed by atoms with E-state index in [1.807, 2.05) is 49.2 Å². The van der Waals surface area contributed by atoms with Crippen molar-refractivity contribution in [2.75, 3.05) is 25.6 Å². The average molecular weight is 332 g/mol. The maximum Gasteiger partial charge on any atom is 0.268 e.